The lowest BCUT2D eigenvalue weighted by Gasteiger charge is -2.45. The van der Waals surface area contributed by atoms with E-state index in [1.165, 1.54) is 0 Å². The monoisotopic (exact) mass is 263 g/mol. The molecule has 0 saturated carbocycles. The van der Waals surface area contributed by atoms with E-state index in [1.54, 1.807) is 7.11 Å². The predicted octanol–water partition coefficient (Wildman–Crippen LogP) is 1.34. The minimum atomic E-state index is -0.775. The first-order valence-corrected chi connectivity index (χ1v) is 6.82. The highest BCUT2D eigenvalue weighted by atomic mass is 16.5. The molecule has 2 bridgehead atoms. The summed E-state index contributed by atoms with van der Waals surface area (Å²) in [6, 6.07) is 6.40. The van der Waals surface area contributed by atoms with Gasteiger partial charge in [-0.2, -0.15) is 0 Å². The molecule has 2 aliphatic rings. The van der Waals surface area contributed by atoms with Crippen LogP contribution in [0.5, 0.6) is 5.75 Å². The zero-order valence-electron chi connectivity index (χ0n) is 11.5. The van der Waals surface area contributed by atoms with Crippen LogP contribution in [0.4, 0.5) is 0 Å². The van der Waals surface area contributed by atoms with Crippen LogP contribution in [-0.4, -0.2) is 37.5 Å². The molecule has 0 aliphatic carbocycles. The van der Waals surface area contributed by atoms with Gasteiger partial charge >= 0.3 is 0 Å². The summed E-state index contributed by atoms with van der Waals surface area (Å²) in [5.74, 6) is 0.800. The van der Waals surface area contributed by atoms with Gasteiger partial charge in [0.15, 0.2) is 0 Å². The quantitative estimate of drug-likeness (QED) is 0.845. The molecule has 0 spiro atoms. The van der Waals surface area contributed by atoms with Gasteiger partial charge in [0.1, 0.15) is 5.75 Å². The molecule has 2 aliphatic heterocycles. The zero-order valence-corrected chi connectivity index (χ0v) is 11.5. The van der Waals surface area contributed by atoms with E-state index in [1.807, 2.05) is 25.1 Å². The first-order chi connectivity index (χ1) is 9.10. The third-order valence-electron chi connectivity index (χ3n) is 4.22. The minimum absolute atomic E-state index is 0.239. The molecule has 104 valence electrons. The fourth-order valence-corrected chi connectivity index (χ4v) is 3.37. The molecular weight excluding hydrogens is 242 g/mol. The number of hydrogen-bond donors (Lipinski definition) is 2. The largest absolute Gasteiger partial charge is 0.497 e. The van der Waals surface area contributed by atoms with Crippen molar-refractivity contribution >= 4 is 0 Å². The highest BCUT2D eigenvalue weighted by Crippen LogP contribution is 2.39. The van der Waals surface area contributed by atoms with Crippen molar-refractivity contribution in [1.29, 1.82) is 0 Å². The molecule has 2 saturated heterocycles. The van der Waals surface area contributed by atoms with Crippen molar-refractivity contribution in [1.82, 2.24) is 5.32 Å². The molecule has 1 aromatic rings. The molecule has 1 aromatic carbocycles. The van der Waals surface area contributed by atoms with Crippen molar-refractivity contribution in [3.63, 3.8) is 0 Å². The predicted molar refractivity (Wildman–Crippen MR) is 72.4 cm³/mol. The van der Waals surface area contributed by atoms with E-state index in [0.29, 0.717) is 26.1 Å². The van der Waals surface area contributed by atoms with Crippen LogP contribution >= 0.6 is 0 Å². The topological polar surface area (TPSA) is 50.7 Å². The third kappa shape index (κ3) is 2.36. The Morgan fingerprint density at radius 1 is 1.32 bits per heavy atom. The van der Waals surface area contributed by atoms with Gasteiger partial charge in [-0.15, -0.1) is 0 Å². The molecule has 19 heavy (non-hydrogen) atoms. The molecule has 2 N–H and O–H groups in total. The van der Waals surface area contributed by atoms with E-state index < -0.39 is 5.60 Å². The van der Waals surface area contributed by atoms with E-state index >= 15 is 0 Å². The van der Waals surface area contributed by atoms with E-state index in [9.17, 15) is 5.11 Å². The summed E-state index contributed by atoms with van der Waals surface area (Å²) in [5, 5.41) is 14.6. The van der Waals surface area contributed by atoms with Crippen molar-refractivity contribution in [2.24, 2.45) is 0 Å². The van der Waals surface area contributed by atoms with E-state index in [0.717, 1.165) is 16.9 Å². The van der Waals surface area contributed by atoms with Crippen molar-refractivity contribution in [3.05, 3.63) is 29.3 Å². The second-order valence-corrected chi connectivity index (χ2v) is 5.72. The van der Waals surface area contributed by atoms with Gasteiger partial charge in [-0.1, -0.05) is 6.07 Å². The van der Waals surface area contributed by atoms with Gasteiger partial charge < -0.3 is 19.9 Å². The summed E-state index contributed by atoms with van der Waals surface area (Å²) in [5.41, 5.74) is 1.33. The number of rotatable bonds is 2. The summed E-state index contributed by atoms with van der Waals surface area (Å²) >= 11 is 0. The Labute approximate surface area is 113 Å². The molecule has 4 nitrogen and oxygen atoms in total. The van der Waals surface area contributed by atoms with Crippen molar-refractivity contribution in [3.8, 4) is 5.75 Å². The SMILES string of the molecule is COc1ccc(C)c(C2(O)CC3COCC(C2)N3)c1. The van der Waals surface area contributed by atoms with Crippen LogP contribution in [0.3, 0.4) is 0 Å². The average Bonchev–Trinajstić information content (AvgIpc) is 2.38. The van der Waals surface area contributed by atoms with Crippen LogP contribution in [-0.2, 0) is 10.3 Å². The lowest BCUT2D eigenvalue weighted by molar-refractivity contribution is -0.0805. The third-order valence-corrected chi connectivity index (χ3v) is 4.22. The summed E-state index contributed by atoms with van der Waals surface area (Å²) < 4.78 is 10.8. The van der Waals surface area contributed by atoms with Gasteiger partial charge in [0.05, 0.1) is 25.9 Å². The maximum atomic E-state index is 11.1. The standard InChI is InChI=1S/C15H21NO3/c1-10-3-4-13(18-2)5-14(10)15(17)6-11-8-19-9-12(7-15)16-11/h3-5,11-12,16-17H,6-9H2,1-2H3. The fraction of sp³-hybridized carbons (Fsp3) is 0.600. The van der Waals surface area contributed by atoms with E-state index in [2.05, 4.69) is 5.32 Å². The number of ether oxygens (including phenoxy) is 2. The number of piperidine rings is 1. The molecule has 2 heterocycles. The van der Waals surface area contributed by atoms with Gasteiger partial charge in [-0.05, 0) is 43.0 Å². The summed E-state index contributed by atoms with van der Waals surface area (Å²) in [6.45, 7) is 3.41. The van der Waals surface area contributed by atoms with Crippen LogP contribution in [0, 0.1) is 6.92 Å². The Bertz CT molecular complexity index is 462. The van der Waals surface area contributed by atoms with E-state index in [-0.39, 0.29) is 12.1 Å². The number of morpholine rings is 1. The summed E-state index contributed by atoms with van der Waals surface area (Å²) in [4.78, 5) is 0. The van der Waals surface area contributed by atoms with Crippen molar-refractivity contribution in [2.75, 3.05) is 20.3 Å². The first kappa shape index (κ1) is 12.9. The normalized spacial score (nSPS) is 34.1. The molecule has 0 amide bonds. The van der Waals surface area contributed by atoms with Gasteiger partial charge in [0, 0.05) is 12.1 Å². The van der Waals surface area contributed by atoms with Crippen molar-refractivity contribution < 1.29 is 14.6 Å². The summed E-state index contributed by atoms with van der Waals surface area (Å²) in [6.07, 6.45) is 1.38. The maximum absolute atomic E-state index is 11.1. The molecule has 0 radical (unpaired) electrons. The molecule has 2 unspecified atom stereocenters. The lowest BCUT2D eigenvalue weighted by Crippen LogP contribution is -2.58. The molecule has 0 aromatic heterocycles. The van der Waals surface area contributed by atoms with Crippen LogP contribution in [0.1, 0.15) is 24.0 Å². The smallest absolute Gasteiger partial charge is 0.119 e. The highest BCUT2D eigenvalue weighted by molar-refractivity contribution is 5.39. The minimum Gasteiger partial charge on any atom is -0.497 e. The average molecular weight is 263 g/mol. The van der Waals surface area contributed by atoms with Crippen LogP contribution < -0.4 is 10.1 Å². The fourth-order valence-electron chi connectivity index (χ4n) is 3.37. The van der Waals surface area contributed by atoms with Crippen LogP contribution in [0.2, 0.25) is 0 Å². The molecular formula is C15H21NO3. The Morgan fingerprint density at radius 2 is 2.00 bits per heavy atom. The van der Waals surface area contributed by atoms with Crippen molar-refractivity contribution in [2.45, 2.75) is 37.5 Å². The molecule has 2 fully saturated rings. The number of methoxy groups -OCH3 is 1. The Balaban J connectivity index is 1.95. The number of fused-ring (bicyclic) bond motifs is 2. The maximum Gasteiger partial charge on any atom is 0.119 e. The van der Waals surface area contributed by atoms with Crippen LogP contribution in [0.15, 0.2) is 18.2 Å². The van der Waals surface area contributed by atoms with E-state index in [4.69, 9.17) is 9.47 Å². The molecule has 4 heteroatoms. The summed E-state index contributed by atoms with van der Waals surface area (Å²) in [7, 11) is 1.66. The molecule has 3 rings (SSSR count). The molecule has 2 atom stereocenters. The highest BCUT2D eigenvalue weighted by Gasteiger charge is 2.43. The Hall–Kier alpha value is -1.10. The second-order valence-electron chi connectivity index (χ2n) is 5.72. The van der Waals surface area contributed by atoms with Crippen LogP contribution in [0.25, 0.3) is 0 Å². The Morgan fingerprint density at radius 3 is 2.63 bits per heavy atom. The zero-order chi connectivity index (χ0) is 13.5. The first-order valence-electron chi connectivity index (χ1n) is 6.82. The van der Waals surface area contributed by atoms with Gasteiger partial charge in [-0.3, -0.25) is 0 Å². The number of aliphatic hydroxyl groups is 1. The number of nitrogens with one attached hydrogen (secondary N) is 1. The van der Waals surface area contributed by atoms with Gasteiger partial charge in [0.25, 0.3) is 0 Å². The Kier molecular flexibility index (Phi) is 3.25. The second kappa shape index (κ2) is 4.78. The number of aryl methyl sites for hydroxylation is 1. The van der Waals surface area contributed by atoms with Gasteiger partial charge in [0.2, 0.25) is 0 Å². The lowest BCUT2D eigenvalue weighted by atomic mass is 9.76. The number of hydrogen-bond acceptors (Lipinski definition) is 4. The number of benzene rings is 1. The van der Waals surface area contributed by atoms with Gasteiger partial charge in [-0.25, -0.2) is 0 Å².